The van der Waals surface area contributed by atoms with Gasteiger partial charge in [0.1, 0.15) is 5.76 Å². The average Bonchev–Trinajstić information content (AvgIpc) is 3.18. The van der Waals surface area contributed by atoms with Gasteiger partial charge in [0.2, 0.25) is 5.78 Å². The van der Waals surface area contributed by atoms with Crippen LogP contribution >= 0.6 is 0 Å². The Morgan fingerprint density at radius 3 is 2.08 bits per heavy atom. The summed E-state index contributed by atoms with van der Waals surface area (Å²) in [7, 11) is 0. The molecule has 1 aliphatic rings. The largest absolute Gasteiger partial charge is 0.507 e. The first-order valence-corrected chi connectivity index (χ1v) is 13.3. The Morgan fingerprint density at radius 2 is 1.51 bits per heavy atom. The number of nitrogens with zero attached hydrogens (tertiary/aromatic N) is 4. The highest BCUT2D eigenvalue weighted by Crippen LogP contribution is 2.44. The van der Waals surface area contributed by atoms with Gasteiger partial charge in [-0.15, -0.1) is 0 Å². The Labute approximate surface area is 227 Å². The number of nitro benzene ring substituents is 2. The second kappa shape index (κ2) is 13.9. The van der Waals surface area contributed by atoms with E-state index in [1.165, 1.54) is 47.4 Å². The number of aliphatic hydroxyl groups excluding tert-OH is 2. The fourth-order valence-corrected chi connectivity index (χ4v) is 4.92. The summed E-state index contributed by atoms with van der Waals surface area (Å²) < 4.78 is 0. The summed E-state index contributed by atoms with van der Waals surface area (Å²) in [5.41, 5.74) is -0.311. The van der Waals surface area contributed by atoms with Gasteiger partial charge in [-0.1, -0.05) is 44.9 Å². The van der Waals surface area contributed by atoms with Crippen molar-refractivity contribution in [2.24, 2.45) is 0 Å². The second-order valence-corrected chi connectivity index (χ2v) is 9.66. The van der Waals surface area contributed by atoms with Crippen LogP contribution < -0.4 is 0 Å². The number of carbonyl (C=O) groups excluding carboxylic acids is 1. The quantitative estimate of drug-likeness (QED) is 0.146. The Balaban J connectivity index is 2.01. The zero-order chi connectivity index (χ0) is 28.5. The molecule has 0 saturated carbocycles. The predicted molar refractivity (Wildman–Crippen MR) is 147 cm³/mol. The molecule has 0 amide bonds. The van der Waals surface area contributed by atoms with E-state index in [2.05, 4.69) is 18.7 Å². The third kappa shape index (κ3) is 7.05. The molecule has 2 aromatic carbocycles. The van der Waals surface area contributed by atoms with Crippen molar-refractivity contribution < 1.29 is 24.9 Å². The minimum absolute atomic E-state index is 0.131. The van der Waals surface area contributed by atoms with E-state index in [0.29, 0.717) is 6.42 Å². The maximum Gasteiger partial charge on any atom is 0.274 e. The van der Waals surface area contributed by atoms with Crippen LogP contribution in [-0.2, 0) is 4.79 Å². The van der Waals surface area contributed by atoms with Gasteiger partial charge in [0.15, 0.2) is 6.23 Å². The van der Waals surface area contributed by atoms with Crippen molar-refractivity contribution in [3.63, 3.8) is 0 Å². The molecule has 11 heteroatoms. The minimum Gasteiger partial charge on any atom is -0.507 e. The molecule has 1 saturated heterocycles. The van der Waals surface area contributed by atoms with Crippen LogP contribution in [0.5, 0.6) is 0 Å². The first-order chi connectivity index (χ1) is 18.7. The predicted octanol–water partition coefficient (Wildman–Crippen LogP) is 5.01. The van der Waals surface area contributed by atoms with Crippen LogP contribution in [0.4, 0.5) is 11.4 Å². The zero-order valence-corrected chi connectivity index (χ0v) is 22.4. The van der Waals surface area contributed by atoms with Crippen LogP contribution in [0.3, 0.4) is 0 Å². The number of carbonyl (C=O) groups is 1. The van der Waals surface area contributed by atoms with Crippen LogP contribution in [0.1, 0.15) is 63.1 Å². The molecular weight excluding hydrogens is 504 g/mol. The number of nitro groups is 2. The van der Waals surface area contributed by atoms with Crippen LogP contribution in [0.2, 0.25) is 0 Å². The molecule has 11 nitrogen and oxygen atoms in total. The van der Waals surface area contributed by atoms with Crippen LogP contribution in [0.25, 0.3) is 5.76 Å². The lowest BCUT2D eigenvalue weighted by Gasteiger charge is -2.28. The summed E-state index contributed by atoms with van der Waals surface area (Å²) >= 11 is 0. The first kappa shape index (κ1) is 29.9. The van der Waals surface area contributed by atoms with Crippen LogP contribution in [-0.4, -0.2) is 68.0 Å². The molecular formula is C28H36N4O7. The number of likely N-dealkylation sites (tertiary alicyclic amines) is 1. The van der Waals surface area contributed by atoms with Crippen molar-refractivity contribution in [2.75, 3.05) is 26.2 Å². The molecule has 39 heavy (non-hydrogen) atoms. The molecule has 0 unspecified atom stereocenters. The highest BCUT2D eigenvalue weighted by atomic mass is 16.6. The molecule has 1 fully saturated rings. The van der Waals surface area contributed by atoms with Gasteiger partial charge in [-0.05, 0) is 51.0 Å². The number of unbranched alkanes of at least 4 members (excludes halogenated alkanes) is 2. The highest BCUT2D eigenvalue weighted by molar-refractivity contribution is 6.07. The minimum atomic E-state index is -1.61. The molecule has 1 heterocycles. The van der Waals surface area contributed by atoms with Gasteiger partial charge < -0.3 is 15.1 Å². The van der Waals surface area contributed by atoms with Crippen molar-refractivity contribution in [1.82, 2.24) is 9.80 Å². The topological polar surface area (TPSA) is 150 Å². The van der Waals surface area contributed by atoms with Crippen molar-refractivity contribution >= 4 is 22.9 Å². The van der Waals surface area contributed by atoms with E-state index < -0.39 is 33.7 Å². The number of non-ortho nitro benzene ring substituents is 1. The van der Waals surface area contributed by atoms with Crippen molar-refractivity contribution in [2.45, 2.75) is 58.2 Å². The summed E-state index contributed by atoms with van der Waals surface area (Å²) in [5.74, 6) is -1.24. The number of rotatable bonds is 14. The summed E-state index contributed by atoms with van der Waals surface area (Å²) in [6.45, 7) is 7.14. The number of para-hydroxylation sites is 1. The normalized spacial score (nSPS) is 19.0. The third-order valence-electron chi connectivity index (χ3n) is 7.00. The standard InChI is InChI=1S/C28H36N4O7/c1-3-5-16-29(17-6-4-2)18-9-19-30-25(22-10-7-8-11-23(22)32(38)39)24(27(34)28(30)35)26(33)20-12-14-21(15-13-20)31(36)37/h7-8,10-15,25,28,33,35H,3-6,9,16-19H2,1-2H3/t25-,28+/m1/s1. The summed E-state index contributed by atoms with van der Waals surface area (Å²) in [4.78, 5) is 39.0. The lowest BCUT2D eigenvalue weighted by Crippen LogP contribution is -2.37. The molecule has 210 valence electrons. The van der Waals surface area contributed by atoms with Crippen molar-refractivity contribution in [1.29, 1.82) is 0 Å². The SMILES string of the molecule is CCCCN(CCCC)CCCN1[C@@H](O)C(=O)C(=C(O)c2ccc([N+](=O)[O-])cc2)[C@H]1c1ccccc1[N+](=O)[O-]. The van der Waals surface area contributed by atoms with Gasteiger partial charge in [0.05, 0.1) is 27.0 Å². The lowest BCUT2D eigenvalue weighted by atomic mass is 9.94. The van der Waals surface area contributed by atoms with E-state index in [4.69, 9.17) is 0 Å². The monoisotopic (exact) mass is 540 g/mol. The number of aliphatic hydroxyl groups is 2. The van der Waals surface area contributed by atoms with E-state index in [1.807, 2.05) is 0 Å². The maximum atomic E-state index is 13.4. The number of hydrogen-bond acceptors (Lipinski definition) is 9. The van der Waals surface area contributed by atoms with Gasteiger partial charge in [-0.25, -0.2) is 0 Å². The van der Waals surface area contributed by atoms with E-state index in [-0.39, 0.29) is 34.6 Å². The third-order valence-corrected chi connectivity index (χ3v) is 7.00. The van der Waals surface area contributed by atoms with Gasteiger partial charge in [0, 0.05) is 30.3 Å². The molecule has 0 aliphatic carbocycles. The summed E-state index contributed by atoms with van der Waals surface area (Å²) in [6, 6.07) is 9.87. The number of hydrogen-bond donors (Lipinski definition) is 2. The van der Waals surface area contributed by atoms with Gasteiger partial charge in [-0.3, -0.25) is 29.9 Å². The molecule has 2 atom stereocenters. The average molecular weight is 541 g/mol. The molecule has 0 bridgehead atoms. The Morgan fingerprint density at radius 1 is 0.923 bits per heavy atom. The highest BCUT2D eigenvalue weighted by Gasteiger charge is 2.48. The van der Waals surface area contributed by atoms with Crippen molar-refractivity contribution in [3.8, 4) is 0 Å². The fraction of sp³-hybridized carbons (Fsp3) is 0.464. The summed E-state index contributed by atoms with van der Waals surface area (Å²) in [6.07, 6.45) is 3.24. The van der Waals surface area contributed by atoms with E-state index in [1.54, 1.807) is 6.07 Å². The maximum absolute atomic E-state index is 13.4. The Kier molecular flexibility index (Phi) is 10.7. The number of benzene rings is 2. The fourth-order valence-electron chi connectivity index (χ4n) is 4.92. The van der Waals surface area contributed by atoms with E-state index in [9.17, 15) is 35.2 Å². The van der Waals surface area contributed by atoms with Crippen molar-refractivity contribution in [3.05, 3.63) is 85.5 Å². The van der Waals surface area contributed by atoms with Crippen LogP contribution in [0.15, 0.2) is 54.1 Å². The van der Waals surface area contributed by atoms with Gasteiger partial charge >= 0.3 is 0 Å². The number of Topliss-reactive ketones (excluding diaryl/α,β-unsaturated/α-hetero) is 1. The summed E-state index contributed by atoms with van der Waals surface area (Å²) in [5, 5.41) is 45.1. The lowest BCUT2D eigenvalue weighted by molar-refractivity contribution is -0.385. The van der Waals surface area contributed by atoms with Crippen LogP contribution in [0, 0.1) is 20.2 Å². The molecule has 1 aliphatic heterocycles. The Hall–Kier alpha value is -3.67. The van der Waals surface area contributed by atoms with E-state index in [0.717, 1.165) is 45.3 Å². The Bertz CT molecular complexity index is 1190. The van der Waals surface area contributed by atoms with Gasteiger partial charge in [0.25, 0.3) is 11.4 Å². The van der Waals surface area contributed by atoms with E-state index >= 15 is 0 Å². The molecule has 2 N–H and O–H groups in total. The van der Waals surface area contributed by atoms with Gasteiger partial charge in [-0.2, -0.15) is 0 Å². The molecule has 0 radical (unpaired) electrons. The smallest absolute Gasteiger partial charge is 0.274 e. The zero-order valence-electron chi connectivity index (χ0n) is 22.4. The molecule has 0 spiro atoms. The second-order valence-electron chi connectivity index (χ2n) is 9.66. The number of ketones is 1. The first-order valence-electron chi connectivity index (χ1n) is 13.3. The molecule has 3 rings (SSSR count). The molecule has 0 aromatic heterocycles. The molecule has 2 aromatic rings.